The van der Waals surface area contributed by atoms with Crippen LogP contribution in [0.5, 0.6) is 0 Å². The molecule has 2 N–H and O–H groups in total. The first-order valence-corrected chi connectivity index (χ1v) is 14.4. The van der Waals surface area contributed by atoms with Crippen LogP contribution in [0.25, 0.3) is 11.0 Å². The minimum Gasteiger partial charge on any atom is -0.479 e. The van der Waals surface area contributed by atoms with E-state index in [4.69, 9.17) is 13.7 Å². The maximum absolute atomic E-state index is 13.4. The van der Waals surface area contributed by atoms with Gasteiger partial charge in [0, 0.05) is 5.39 Å². The second-order valence-electron chi connectivity index (χ2n) is 11.5. The first-order valence-electron chi connectivity index (χ1n) is 14.4. The van der Waals surface area contributed by atoms with E-state index in [0.717, 1.165) is 27.6 Å². The first kappa shape index (κ1) is 28.4. The van der Waals surface area contributed by atoms with Gasteiger partial charge in [0.2, 0.25) is 5.91 Å². The van der Waals surface area contributed by atoms with Crippen LogP contribution in [0.15, 0.2) is 81.7 Å². The predicted molar refractivity (Wildman–Crippen MR) is 161 cm³/mol. The average Bonchev–Trinajstić information content (AvgIpc) is 3.54. The van der Waals surface area contributed by atoms with Gasteiger partial charge in [-0.05, 0) is 81.0 Å². The number of ether oxygens (including phenoxy) is 1. The number of carbonyl (C=O) groups is 2. The zero-order valence-corrected chi connectivity index (χ0v) is 24.6. The van der Waals surface area contributed by atoms with Crippen LogP contribution >= 0.6 is 0 Å². The number of amides is 1. The van der Waals surface area contributed by atoms with E-state index >= 15 is 0 Å². The second-order valence-corrected chi connectivity index (χ2v) is 11.5. The van der Waals surface area contributed by atoms with Gasteiger partial charge in [-0.3, -0.25) is 4.79 Å². The molecule has 5 aromatic rings. The van der Waals surface area contributed by atoms with Gasteiger partial charge in [0.25, 0.3) is 0 Å². The largest absolute Gasteiger partial charge is 0.479 e. The van der Waals surface area contributed by atoms with Gasteiger partial charge in [0.1, 0.15) is 23.2 Å². The summed E-state index contributed by atoms with van der Waals surface area (Å²) in [5, 5.41) is 17.9. The van der Waals surface area contributed by atoms with E-state index < -0.39 is 17.7 Å². The molecule has 1 aliphatic carbocycles. The van der Waals surface area contributed by atoms with E-state index in [9.17, 15) is 14.7 Å². The summed E-state index contributed by atoms with van der Waals surface area (Å²) in [6, 6.07) is 23.4. The van der Waals surface area contributed by atoms with E-state index in [0.29, 0.717) is 41.2 Å². The van der Waals surface area contributed by atoms with Crippen LogP contribution in [0, 0.1) is 27.7 Å². The number of hydrogen-bond acceptors (Lipinski definition) is 6. The summed E-state index contributed by atoms with van der Waals surface area (Å²) < 4.78 is 17.8. The third-order valence-electron chi connectivity index (χ3n) is 8.19. The van der Waals surface area contributed by atoms with Gasteiger partial charge >= 0.3 is 5.97 Å². The van der Waals surface area contributed by atoms with Crippen LogP contribution in [0.1, 0.15) is 75.6 Å². The molecule has 1 saturated carbocycles. The lowest BCUT2D eigenvalue weighted by molar-refractivity contribution is -0.157. The fraction of sp³-hybridized carbons (Fsp3) is 0.286. The highest BCUT2D eigenvalue weighted by Crippen LogP contribution is 2.47. The van der Waals surface area contributed by atoms with Crippen LogP contribution < -0.4 is 5.32 Å². The quantitative estimate of drug-likeness (QED) is 0.187. The fourth-order valence-corrected chi connectivity index (χ4v) is 5.73. The fourth-order valence-electron chi connectivity index (χ4n) is 5.73. The summed E-state index contributed by atoms with van der Waals surface area (Å²) in [6.07, 6.45) is 0.228. The van der Waals surface area contributed by atoms with Crippen molar-refractivity contribution in [1.29, 1.82) is 0 Å². The number of carbonyl (C=O) groups excluding carboxylic acids is 1. The van der Waals surface area contributed by atoms with E-state index in [1.807, 2.05) is 54.6 Å². The Bertz CT molecular complexity index is 1800. The summed E-state index contributed by atoms with van der Waals surface area (Å²) in [5.41, 5.74) is 5.80. The zero-order chi connectivity index (χ0) is 30.3. The Balaban J connectivity index is 1.27. The highest BCUT2D eigenvalue weighted by Gasteiger charge is 2.54. The van der Waals surface area contributed by atoms with Crippen LogP contribution in [-0.4, -0.2) is 27.7 Å². The molecule has 2 atom stereocenters. The topological polar surface area (TPSA) is 115 Å². The Labute approximate surface area is 249 Å². The Morgan fingerprint density at radius 1 is 1.00 bits per heavy atom. The molecule has 43 heavy (non-hydrogen) atoms. The smallest absolute Gasteiger partial charge is 0.336 e. The maximum atomic E-state index is 13.4. The van der Waals surface area contributed by atoms with Gasteiger partial charge in [-0.1, -0.05) is 65.3 Å². The van der Waals surface area contributed by atoms with E-state index in [1.165, 1.54) is 5.56 Å². The molecular formula is C35H34N2O6. The van der Waals surface area contributed by atoms with Gasteiger partial charge < -0.3 is 24.1 Å². The highest BCUT2D eigenvalue weighted by atomic mass is 16.6. The normalized spacial score (nSPS) is 15.3. The van der Waals surface area contributed by atoms with Crippen molar-refractivity contribution in [2.24, 2.45) is 0 Å². The monoisotopic (exact) mass is 578 g/mol. The van der Waals surface area contributed by atoms with Gasteiger partial charge in [0.05, 0.1) is 23.7 Å². The standard InChI is InChI=1S/C35H34N2O6/c1-20-10-12-27(21(2)16-20)32(25-8-6-5-7-9-25)36-30(38)18-24-11-13-28-26(17-24)19-29(41-28)33(31-22(3)37-43-23(31)4)42-35(14-15-35)34(39)40/h5-13,16-17,19,32-33H,14-15,18H2,1-4H3,(H,36,38)(H,39,40). The van der Waals surface area contributed by atoms with E-state index in [1.54, 1.807) is 13.8 Å². The third-order valence-corrected chi connectivity index (χ3v) is 8.19. The SMILES string of the molecule is Cc1ccc(C(NC(=O)Cc2ccc3oc(C(OC4(C(=O)O)CC4)c4c(C)noc4C)cc3c2)c2ccccc2)c(C)c1. The second kappa shape index (κ2) is 11.2. The number of furan rings is 1. The minimum absolute atomic E-state index is 0.106. The highest BCUT2D eigenvalue weighted by molar-refractivity contribution is 5.84. The van der Waals surface area contributed by atoms with Gasteiger partial charge in [-0.25, -0.2) is 4.79 Å². The summed E-state index contributed by atoms with van der Waals surface area (Å²) in [6.45, 7) is 7.69. The van der Waals surface area contributed by atoms with Crippen molar-refractivity contribution in [3.63, 3.8) is 0 Å². The number of fused-ring (bicyclic) bond motifs is 1. The summed E-state index contributed by atoms with van der Waals surface area (Å²) in [4.78, 5) is 25.4. The molecule has 1 aliphatic rings. The van der Waals surface area contributed by atoms with Crippen molar-refractivity contribution >= 4 is 22.8 Å². The number of carboxylic acids is 1. The van der Waals surface area contributed by atoms with Crippen LogP contribution in [0.4, 0.5) is 0 Å². The molecule has 0 saturated heterocycles. The number of aryl methyl sites for hydroxylation is 4. The third kappa shape index (κ3) is 5.70. The van der Waals surface area contributed by atoms with Crippen LogP contribution in [0.3, 0.4) is 0 Å². The van der Waals surface area contributed by atoms with E-state index in [-0.39, 0.29) is 18.4 Å². The molecule has 6 rings (SSSR count). The number of nitrogens with one attached hydrogen (secondary N) is 1. The molecule has 2 unspecified atom stereocenters. The summed E-state index contributed by atoms with van der Waals surface area (Å²) in [5.74, 6) is -0.106. The number of aromatic nitrogens is 1. The maximum Gasteiger partial charge on any atom is 0.336 e. The van der Waals surface area contributed by atoms with Crippen LogP contribution in [-0.2, 0) is 20.7 Å². The summed E-state index contributed by atoms with van der Waals surface area (Å²) >= 11 is 0. The number of carboxylic acid groups (broad SMARTS) is 1. The number of aliphatic carboxylic acids is 1. The number of benzene rings is 3. The molecule has 8 nitrogen and oxygen atoms in total. The Morgan fingerprint density at radius 3 is 2.42 bits per heavy atom. The molecule has 0 spiro atoms. The Hall–Kier alpha value is -4.69. The molecule has 220 valence electrons. The molecule has 3 aromatic carbocycles. The van der Waals surface area contributed by atoms with Crippen molar-refractivity contribution in [1.82, 2.24) is 10.5 Å². The lowest BCUT2D eigenvalue weighted by Gasteiger charge is -2.22. The summed E-state index contributed by atoms with van der Waals surface area (Å²) in [7, 11) is 0. The molecular weight excluding hydrogens is 544 g/mol. The Morgan fingerprint density at radius 2 is 1.77 bits per heavy atom. The predicted octanol–water partition coefficient (Wildman–Crippen LogP) is 6.83. The molecule has 1 fully saturated rings. The van der Waals surface area contributed by atoms with E-state index in [2.05, 4.69) is 42.5 Å². The van der Waals surface area contributed by atoms with Crippen molar-refractivity contribution in [2.45, 2.75) is 64.7 Å². The molecule has 1 amide bonds. The lowest BCUT2D eigenvalue weighted by atomic mass is 9.93. The van der Waals surface area contributed by atoms with Gasteiger partial charge in [-0.15, -0.1) is 0 Å². The van der Waals surface area contributed by atoms with Crippen molar-refractivity contribution in [2.75, 3.05) is 0 Å². The lowest BCUT2D eigenvalue weighted by Crippen LogP contribution is -2.31. The zero-order valence-electron chi connectivity index (χ0n) is 24.6. The molecule has 0 bridgehead atoms. The minimum atomic E-state index is -1.26. The van der Waals surface area contributed by atoms with Crippen LogP contribution in [0.2, 0.25) is 0 Å². The number of rotatable bonds is 10. The van der Waals surface area contributed by atoms with Gasteiger partial charge in [0.15, 0.2) is 5.60 Å². The molecule has 0 radical (unpaired) electrons. The molecule has 0 aliphatic heterocycles. The molecule has 8 heteroatoms. The molecule has 2 heterocycles. The van der Waals surface area contributed by atoms with Crippen molar-refractivity contribution in [3.05, 3.63) is 123 Å². The number of nitrogens with zero attached hydrogens (tertiary/aromatic N) is 1. The van der Waals surface area contributed by atoms with Crippen molar-refractivity contribution in [3.8, 4) is 0 Å². The number of hydrogen-bond donors (Lipinski definition) is 2. The first-order chi connectivity index (χ1) is 20.6. The Kier molecular flexibility index (Phi) is 7.40. The molecule has 2 aromatic heterocycles. The average molecular weight is 579 g/mol. The van der Waals surface area contributed by atoms with Crippen molar-refractivity contribution < 1.29 is 28.4 Å². The van der Waals surface area contributed by atoms with Gasteiger partial charge in [-0.2, -0.15) is 0 Å².